The molecule has 0 radical (unpaired) electrons. The van der Waals surface area contributed by atoms with Crippen molar-refractivity contribution in [2.24, 2.45) is 9.98 Å². The number of hydrogen-bond donors (Lipinski definition) is 3. The zero-order valence-electron chi connectivity index (χ0n) is 39.2. The van der Waals surface area contributed by atoms with E-state index in [-0.39, 0.29) is 75.0 Å². The summed E-state index contributed by atoms with van der Waals surface area (Å²) in [5.41, 5.74) is 4.79. The van der Waals surface area contributed by atoms with E-state index >= 15 is 0 Å². The van der Waals surface area contributed by atoms with Crippen LogP contribution in [0.2, 0.25) is 5.02 Å². The molecule has 1 fully saturated rings. The van der Waals surface area contributed by atoms with Crippen molar-refractivity contribution in [3.63, 3.8) is 0 Å². The molecule has 374 valence electrons. The SMILES string of the molecule is Cc1sc2c(c1C)C(c1ccc(Cl)cc1)=N[C@@H](CC(=O)Oc1ccc3nc(C4N=C(C(=O)NCCOCCOCC(=O)Nc5cccc6c5C(=O)N(C5CCC(=O)NC5=O)C6=O)CS4)sc3c1)c1nnc(C)n1-2. The smallest absolute Gasteiger partial charge is 0.313 e. The van der Waals surface area contributed by atoms with E-state index in [1.165, 1.54) is 41.3 Å². The quantitative estimate of drug-likeness (QED) is 0.0450. The van der Waals surface area contributed by atoms with Crippen LogP contribution in [0.5, 0.6) is 5.75 Å². The first-order chi connectivity index (χ1) is 35.2. The molecule has 7 heterocycles. The normalized spacial score (nSPS) is 18.2. The highest BCUT2D eigenvalue weighted by Crippen LogP contribution is 2.42. The summed E-state index contributed by atoms with van der Waals surface area (Å²) in [4.78, 5) is 106. The molecule has 0 bridgehead atoms. The molecule has 3 aromatic heterocycles. The van der Waals surface area contributed by atoms with Gasteiger partial charge in [0.25, 0.3) is 17.7 Å². The molecule has 1 saturated heterocycles. The molecule has 2 unspecified atom stereocenters. The fourth-order valence-electron chi connectivity index (χ4n) is 8.71. The number of carbonyl (C=O) groups is 7. The fraction of sp³-hybridized carbons (Fsp3) is 0.306. The standard InChI is InChI=1S/C49H43ClN10O10S3/c1-23-24(2)72-49-39(23)41(26-7-9-27(50)10-8-26)53-32(42-58-57-25(3)59(42)49)20-38(63)70-28-11-12-30-35(19-28)73-46(54-30)45-55-33(22-71-45)43(64)51-15-16-68-17-18-69-21-37(62)52-31-6-4-5-29-40(31)48(67)60(47(29)66)34-13-14-36(61)56-44(34)65/h4-12,19,32,34,45H,13-18,20-22H2,1-3H3,(H,51,64)(H,52,62)(H,56,61,65)/t32-,34?,45?/m0/s1. The van der Waals surface area contributed by atoms with E-state index in [4.69, 9.17) is 35.8 Å². The van der Waals surface area contributed by atoms with Crippen LogP contribution in [-0.2, 0) is 33.4 Å². The minimum Gasteiger partial charge on any atom is -0.426 e. The lowest BCUT2D eigenvalue weighted by atomic mass is 9.99. The number of esters is 1. The van der Waals surface area contributed by atoms with Gasteiger partial charge in [-0.3, -0.25) is 58.3 Å². The van der Waals surface area contributed by atoms with Crippen LogP contribution >= 0.6 is 46.0 Å². The average Bonchev–Trinajstić information content (AvgIpc) is 4.19. The summed E-state index contributed by atoms with van der Waals surface area (Å²) in [7, 11) is 0. The molecule has 3 N–H and O–H groups in total. The number of benzene rings is 3. The van der Waals surface area contributed by atoms with Crippen LogP contribution in [0, 0.1) is 20.8 Å². The number of anilines is 1. The van der Waals surface area contributed by atoms with Crippen molar-refractivity contribution in [3.05, 3.63) is 115 Å². The van der Waals surface area contributed by atoms with E-state index in [1.807, 2.05) is 35.8 Å². The van der Waals surface area contributed by atoms with Crippen molar-refractivity contribution >= 4 is 115 Å². The molecule has 6 aromatic rings. The lowest BCUT2D eigenvalue weighted by Crippen LogP contribution is -2.54. The maximum atomic E-state index is 13.7. The van der Waals surface area contributed by atoms with Gasteiger partial charge in [-0.1, -0.05) is 29.8 Å². The Kier molecular flexibility index (Phi) is 14.1. The Morgan fingerprint density at radius 1 is 0.904 bits per heavy atom. The number of nitrogens with zero attached hydrogens (tertiary/aromatic N) is 7. The van der Waals surface area contributed by atoms with Gasteiger partial charge in [0, 0.05) is 45.8 Å². The Bertz CT molecular complexity index is 3350. The monoisotopic (exact) mass is 1060 g/mol. The summed E-state index contributed by atoms with van der Waals surface area (Å²) in [6.45, 7) is 6.18. The molecule has 4 aliphatic rings. The van der Waals surface area contributed by atoms with Crippen LogP contribution in [0.3, 0.4) is 0 Å². The number of hydrogen-bond acceptors (Lipinski definition) is 18. The number of nitrogens with one attached hydrogen (secondary N) is 3. The van der Waals surface area contributed by atoms with E-state index in [0.717, 1.165) is 41.9 Å². The first kappa shape index (κ1) is 49.6. The molecule has 3 atom stereocenters. The van der Waals surface area contributed by atoms with Crippen molar-refractivity contribution in [3.8, 4) is 10.8 Å². The topological polar surface area (TPSA) is 255 Å². The number of fused-ring (bicyclic) bond motifs is 5. The zero-order valence-corrected chi connectivity index (χ0v) is 42.4. The van der Waals surface area contributed by atoms with E-state index in [9.17, 15) is 33.6 Å². The molecule has 10 rings (SSSR count). The maximum Gasteiger partial charge on any atom is 0.313 e. The Labute approximate surface area is 433 Å². The van der Waals surface area contributed by atoms with Gasteiger partial charge in [0.15, 0.2) is 5.82 Å². The molecule has 6 amide bonds. The summed E-state index contributed by atoms with van der Waals surface area (Å²) in [6, 6.07) is 15.3. The van der Waals surface area contributed by atoms with Gasteiger partial charge in [0.1, 0.15) is 51.4 Å². The molecule has 0 spiro atoms. The molecular weight excluding hydrogens is 1020 g/mol. The van der Waals surface area contributed by atoms with Crippen molar-refractivity contribution in [2.75, 3.05) is 44.0 Å². The number of thiophene rings is 1. The Morgan fingerprint density at radius 2 is 1.71 bits per heavy atom. The van der Waals surface area contributed by atoms with Gasteiger partial charge in [-0.15, -0.1) is 44.6 Å². The van der Waals surface area contributed by atoms with Gasteiger partial charge in [-0.2, -0.15) is 0 Å². The van der Waals surface area contributed by atoms with Crippen molar-refractivity contribution in [1.29, 1.82) is 0 Å². The Morgan fingerprint density at radius 3 is 2.52 bits per heavy atom. The van der Waals surface area contributed by atoms with Crippen LogP contribution < -0.4 is 20.7 Å². The van der Waals surface area contributed by atoms with Crippen LogP contribution in [0.4, 0.5) is 5.69 Å². The number of thiazole rings is 1. The summed E-state index contributed by atoms with van der Waals surface area (Å²) in [5.74, 6) is -2.11. The highest BCUT2D eigenvalue weighted by atomic mass is 35.5. The number of thioether (sulfide) groups is 1. The maximum absolute atomic E-state index is 13.7. The predicted molar refractivity (Wildman–Crippen MR) is 272 cm³/mol. The number of halogens is 1. The van der Waals surface area contributed by atoms with E-state index in [0.29, 0.717) is 44.4 Å². The average molecular weight is 1060 g/mol. The summed E-state index contributed by atoms with van der Waals surface area (Å²) >= 11 is 10.8. The first-order valence-corrected chi connectivity index (χ1v) is 26.0. The van der Waals surface area contributed by atoms with Crippen LogP contribution in [-0.4, -0.2) is 122 Å². The van der Waals surface area contributed by atoms with Crippen LogP contribution in [0.1, 0.15) is 89.6 Å². The fourth-order valence-corrected chi connectivity index (χ4v) is 12.2. The number of aliphatic imine (C=N–C) groups is 2. The molecule has 20 nitrogen and oxygen atoms in total. The highest BCUT2D eigenvalue weighted by molar-refractivity contribution is 8.00. The lowest BCUT2D eigenvalue weighted by molar-refractivity contribution is -0.137. The van der Waals surface area contributed by atoms with E-state index in [2.05, 4.69) is 45.0 Å². The number of aryl methyl sites for hydroxylation is 2. The second-order valence-corrected chi connectivity index (χ2v) is 20.9. The van der Waals surface area contributed by atoms with Gasteiger partial charge in [0.2, 0.25) is 17.7 Å². The molecule has 3 aromatic carbocycles. The lowest BCUT2D eigenvalue weighted by Gasteiger charge is -2.27. The highest BCUT2D eigenvalue weighted by Gasteiger charge is 2.46. The van der Waals surface area contributed by atoms with Gasteiger partial charge in [-0.25, -0.2) is 4.98 Å². The van der Waals surface area contributed by atoms with E-state index < -0.39 is 53.0 Å². The number of amides is 6. The van der Waals surface area contributed by atoms with Gasteiger partial charge < -0.3 is 24.8 Å². The van der Waals surface area contributed by atoms with Crippen molar-refractivity contribution < 1.29 is 47.8 Å². The van der Waals surface area contributed by atoms with Gasteiger partial charge >= 0.3 is 5.97 Å². The second-order valence-electron chi connectivity index (χ2n) is 17.1. The molecule has 73 heavy (non-hydrogen) atoms. The summed E-state index contributed by atoms with van der Waals surface area (Å²) in [6.07, 6.45) is -0.105. The summed E-state index contributed by atoms with van der Waals surface area (Å²) < 4.78 is 19.7. The van der Waals surface area contributed by atoms with Gasteiger partial charge in [0.05, 0.1) is 59.0 Å². The predicted octanol–water partition coefficient (Wildman–Crippen LogP) is 5.78. The van der Waals surface area contributed by atoms with Gasteiger partial charge in [-0.05, 0) is 69.2 Å². The summed E-state index contributed by atoms with van der Waals surface area (Å²) in [5, 5.41) is 18.3. The number of carbonyl (C=O) groups excluding carboxylic acids is 7. The molecular formula is C49H43ClN10O10S3. The third kappa shape index (κ3) is 10.1. The second kappa shape index (κ2) is 20.8. The number of aromatic nitrogens is 4. The Balaban J connectivity index is 0.680. The first-order valence-electron chi connectivity index (χ1n) is 23.0. The molecule has 0 aliphatic carbocycles. The third-order valence-corrected chi connectivity index (χ3v) is 16.1. The molecule has 24 heteroatoms. The minimum atomic E-state index is -1.14. The van der Waals surface area contributed by atoms with Crippen LogP contribution in [0.15, 0.2) is 70.6 Å². The number of ether oxygens (including phenoxy) is 3. The Hall–Kier alpha value is -7.02. The number of piperidine rings is 1. The van der Waals surface area contributed by atoms with E-state index in [1.54, 1.807) is 29.5 Å². The van der Waals surface area contributed by atoms with Crippen molar-refractivity contribution in [2.45, 2.75) is 57.5 Å². The van der Waals surface area contributed by atoms with Crippen LogP contribution in [0.25, 0.3) is 15.2 Å². The third-order valence-electron chi connectivity index (χ3n) is 12.3. The zero-order chi connectivity index (χ0) is 51.1. The largest absolute Gasteiger partial charge is 0.426 e. The molecule has 4 aliphatic heterocycles. The molecule has 0 saturated carbocycles. The van der Waals surface area contributed by atoms with Crippen molar-refractivity contribution in [1.82, 2.24) is 35.3 Å². The minimum absolute atomic E-state index is 0.00703. The number of imide groups is 2. The number of rotatable bonds is 16.